The first-order valence-electron chi connectivity index (χ1n) is 10.4. The van der Waals surface area contributed by atoms with Crippen molar-refractivity contribution in [2.24, 2.45) is 0 Å². The number of nitrogen functional groups attached to an aromatic ring is 1. The fourth-order valence-corrected chi connectivity index (χ4v) is 4.08. The summed E-state index contributed by atoms with van der Waals surface area (Å²) in [7, 11) is 0. The van der Waals surface area contributed by atoms with Crippen LogP contribution in [0.5, 0.6) is 11.5 Å². The van der Waals surface area contributed by atoms with Gasteiger partial charge in [-0.2, -0.15) is 5.10 Å². The second-order valence-electron chi connectivity index (χ2n) is 7.79. The van der Waals surface area contributed by atoms with Crippen LogP contribution < -0.4 is 10.5 Å². The van der Waals surface area contributed by atoms with E-state index in [0.717, 1.165) is 16.2 Å². The Hall–Kier alpha value is -4.21. The van der Waals surface area contributed by atoms with Crippen LogP contribution in [0.15, 0.2) is 60.9 Å². The molecule has 0 saturated carbocycles. The number of carbonyl (C=O) groups is 1. The van der Waals surface area contributed by atoms with Gasteiger partial charge in [0, 0.05) is 12.1 Å². The first-order chi connectivity index (χ1) is 16.0. The van der Waals surface area contributed by atoms with Gasteiger partial charge in [-0.05, 0) is 42.8 Å². The minimum atomic E-state index is -1.43. The molecule has 2 atom stereocenters. The lowest BCUT2D eigenvalue weighted by Gasteiger charge is -2.33. The molecule has 0 unspecified atom stereocenters. The summed E-state index contributed by atoms with van der Waals surface area (Å²) < 4.78 is 22.3. The number of nitrogens with two attached hydrogens (primary N) is 1. The van der Waals surface area contributed by atoms with Crippen molar-refractivity contribution in [3.8, 4) is 22.8 Å². The van der Waals surface area contributed by atoms with Gasteiger partial charge in [0.2, 0.25) is 0 Å². The number of hydrogen-bond donors (Lipinski definition) is 2. The second kappa shape index (κ2) is 8.38. The molecule has 1 aliphatic rings. The van der Waals surface area contributed by atoms with Crippen molar-refractivity contribution in [2.75, 3.05) is 18.8 Å². The number of aromatic nitrogens is 4. The number of rotatable bonds is 4. The summed E-state index contributed by atoms with van der Waals surface area (Å²) in [5, 5.41) is 14.4. The number of amides is 1. The van der Waals surface area contributed by atoms with Gasteiger partial charge >= 0.3 is 6.09 Å². The Morgan fingerprint density at radius 2 is 1.82 bits per heavy atom. The molecule has 3 N–H and O–H groups in total. The number of nitrogens with zero attached hydrogens (tertiary/aromatic N) is 5. The van der Waals surface area contributed by atoms with Crippen LogP contribution in [0.3, 0.4) is 0 Å². The van der Waals surface area contributed by atoms with Crippen molar-refractivity contribution in [1.82, 2.24) is 24.6 Å². The maximum atomic E-state index is 15.0. The summed E-state index contributed by atoms with van der Waals surface area (Å²) in [6.07, 6.45) is -0.969. The number of carboxylic acid groups (broad SMARTS) is 1. The Labute approximate surface area is 188 Å². The molecule has 0 spiro atoms. The van der Waals surface area contributed by atoms with Crippen LogP contribution in [0, 0.1) is 0 Å². The Kier molecular flexibility index (Phi) is 5.25. The van der Waals surface area contributed by atoms with Gasteiger partial charge in [0.15, 0.2) is 5.65 Å². The smallest absolute Gasteiger partial charge is 0.407 e. The zero-order chi connectivity index (χ0) is 22.9. The lowest BCUT2D eigenvalue weighted by atomic mass is 10.0. The van der Waals surface area contributed by atoms with E-state index in [0.29, 0.717) is 22.5 Å². The number of benzene rings is 2. The standard InChI is InChI=1S/C23H21FN6O3/c24-17-12-29(23(31)32)11-10-18(17)30-22-19(21(25)26-13-27-22)20(28-30)14-6-8-16(9-7-14)33-15-4-2-1-3-5-15/h1-9,13,17-18H,10-12H2,(H,31,32)(H2,25,26,27)/t17-,18+/m1/s1. The molecule has 1 amide bonds. The molecule has 0 radical (unpaired) electrons. The zero-order valence-corrected chi connectivity index (χ0v) is 17.5. The fourth-order valence-electron chi connectivity index (χ4n) is 4.08. The molecule has 9 nitrogen and oxygen atoms in total. The minimum Gasteiger partial charge on any atom is -0.465 e. The van der Waals surface area contributed by atoms with Gasteiger partial charge in [-0.1, -0.05) is 18.2 Å². The van der Waals surface area contributed by atoms with Crippen LogP contribution in [-0.2, 0) is 0 Å². The molecule has 1 aliphatic heterocycles. The van der Waals surface area contributed by atoms with Crippen molar-refractivity contribution < 1.29 is 19.0 Å². The van der Waals surface area contributed by atoms with Gasteiger partial charge in [-0.3, -0.25) is 0 Å². The lowest BCUT2D eigenvalue weighted by molar-refractivity contribution is 0.0768. The molecule has 3 heterocycles. The van der Waals surface area contributed by atoms with Crippen molar-refractivity contribution in [2.45, 2.75) is 18.6 Å². The Morgan fingerprint density at radius 1 is 1.09 bits per heavy atom. The number of hydrogen-bond acceptors (Lipinski definition) is 6. The van der Waals surface area contributed by atoms with Crippen LogP contribution >= 0.6 is 0 Å². The highest BCUT2D eigenvalue weighted by atomic mass is 19.1. The summed E-state index contributed by atoms with van der Waals surface area (Å²) in [5.41, 5.74) is 7.85. The minimum absolute atomic E-state index is 0.212. The van der Waals surface area contributed by atoms with Gasteiger partial charge in [-0.15, -0.1) is 0 Å². The number of anilines is 1. The molecule has 4 aromatic rings. The van der Waals surface area contributed by atoms with Crippen molar-refractivity contribution in [3.05, 3.63) is 60.9 Å². The summed E-state index contributed by atoms with van der Waals surface area (Å²) in [5.74, 6) is 1.62. The highest BCUT2D eigenvalue weighted by molar-refractivity contribution is 5.98. The molecule has 1 saturated heterocycles. The molecule has 5 rings (SSSR count). The summed E-state index contributed by atoms with van der Waals surface area (Å²) in [6, 6.07) is 16.1. The van der Waals surface area contributed by atoms with Gasteiger partial charge in [0.25, 0.3) is 0 Å². The van der Waals surface area contributed by atoms with E-state index in [1.54, 1.807) is 0 Å². The number of alkyl halides is 1. The predicted octanol–water partition coefficient (Wildman–Crippen LogP) is 4.13. The van der Waals surface area contributed by atoms with Crippen LogP contribution in [-0.4, -0.2) is 55.1 Å². The molecule has 168 valence electrons. The van der Waals surface area contributed by atoms with E-state index in [1.165, 1.54) is 11.0 Å². The van der Waals surface area contributed by atoms with E-state index in [4.69, 9.17) is 10.5 Å². The van der Waals surface area contributed by atoms with Crippen LogP contribution in [0.25, 0.3) is 22.3 Å². The monoisotopic (exact) mass is 448 g/mol. The summed E-state index contributed by atoms with van der Waals surface area (Å²) >= 11 is 0. The van der Waals surface area contributed by atoms with Crippen LogP contribution in [0.1, 0.15) is 12.5 Å². The first-order valence-corrected chi connectivity index (χ1v) is 10.4. The Morgan fingerprint density at radius 3 is 2.52 bits per heavy atom. The maximum Gasteiger partial charge on any atom is 0.407 e. The maximum absolute atomic E-state index is 15.0. The highest BCUT2D eigenvalue weighted by Crippen LogP contribution is 2.35. The van der Waals surface area contributed by atoms with Crippen LogP contribution in [0.2, 0.25) is 0 Å². The molecule has 33 heavy (non-hydrogen) atoms. The molecule has 1 fully saturated rings. The number of likely N-dealkylation sites (tertiary alicyclic amines) is 1. The highest BCUT2D eigenvalue weighted by Gasteiger charge is 2.35. The van der Waals surface area contributed by atoms with Crippen LogP contribution in [0.4, 0.5) is 15.0 Å². The quantitative estimate of drug-likeness (QED) is 0.482. The first kappa shape index (κ1) is 20.7. The molecular formula is C23H21FN6O3. The lowest BCUT2D eigenvalue weighted by Crippen LogP contribution is -2.45. The molecule has 0 aliphatic carbocycles. The van der Waals surface area contributed by atoms with Gasteiger partial charge in [-0.25, -0.2) is 23.8 Å². The molecule has 2 aromatic carbocycles. The van der Waals surface area contributed by atoms with Gasteiger partial charge < -0.3 is 20.5 Å². The molecular weight excluding hydrogens is 427 g/mol. The molecule has 10 heteroatoms. The number of fused-ring (bicyclic) bond motifs is 1. The number of piperidine rings is 1. The van der Waals surface area contributed by atoms with E-state index >= 15 is 0 Å². The largest absolute Gasteiger partial charge is 0.465 e. The summed E-state index contributed by atoms with van der Waals surface area (Å²) in [4.78, 5) is 20.7. The summed E-state index contributed by atoms with van der Waals surface area (Å²) in [6.45, 7) is -0.00797. The fraction of sp³-hybridized carbons (Fsp3) is 0.217. The zero-order valence-electron chi connectivity index (χ0n) is 17.5. The normalized spacial score (nSPS) is 18.4. The average molecular weight is 448 g/mol. The van der Waals surface area contributed by atoms with E-state index in [1.807, 2.05) is 54.6 Å². The van der Waals surface area contributed by atoms with E-state index in [-0.39, 0.29) is 25.3 Å². The second-order valence-corrected chi connectivity index (χ2v) is 7.79. The van der Waals surface area contributed by atoms with E-state index in [2.05, 4.69) is 15.1 Å². The average Bonchev–Trinajstić information content (AvgIpc) is 3.21. The van der Waals surface area contributed by atoms with Crippen molar-refractivity contribution >= 4 is 22.9 Å². The number of para-hydroxylation sites is 1. The number of halogens is 1. The molecule has 0 bridgehead atoms. The Balaban J connectivity index is 1.50. The van der Waals surface area contributed by atoms with Crippen molar-refractivity contribution in [1.29, 1.82) is 0 Å². The Bertz CT molecular complexity index is 1300. The molecule has 2 aromatic heterocycles. The third-order valence-corrected chi connectivity index (χ3v) is 5.72. The third-order valence-electron chi connectivity index (χ3n) is 5.72. The number of ether oxygens (including phenoxy) is 1. The van der Waals surface area contributed by atoms with Gasteiger partial charge in [0.05, 0.1) is 18.0 Å². The SMILES string of the molecule is Nc1ncnc2c1c(-c1ccc(Oc3ccccc3)cc1)nn2[C@H]1CCN(C(=O)O)C[C@H]1F. The van der Waals surface area contributed by atoms with E-state index in [9.17, 15) is 14.3 Å². The van der Waals surface area contributed by atoms with E-state index < -0.39 is 18.3 Å². The van der Waals surface area contributed by atoms with Gasteiger partial charge in [0.1, 0.15) is 35.5 Å². The third kappa shape index (κ3) is 3.91. The predicted molar refractivity (Wildman–Crippen MR) is 120 cm³/mol. The topological polar surface area (TPSA) is 119 Å². The van der Waals surface area contributed by atoms with Crippen molar-refractivity contribution in [3.63, 3.8) is 0 Å².